The van der Waals surface area contributed by atoms with Gasteiger partial charge in [0.05, 0.1) is 11.6 Å². The van der Waals surface area contributed by atoms with Gasteiger partial charge in [-0.25, -0.2) is 4.79 Å². The maximum absolute atomic E-state index is 12.6. The number of likely N-dealkylation sites (N-methyl/N-ethyl adjacent to an activating group) is 1. The van der Waals surface area contributed by atoms with Crippen molar-refractivity contribution in [3.63, 3.8) is 0 Å². The molecule has 1 fully saturated rings. The third-order valence-electron chi connectivity index (χ3n) is 6.23. The Balaban J connectivity index is 1.71. The molecule has 0 aliphatic carbocycles. The molecular weight excluding hydrogens is 452 g/mol. The molecule has 0 saturated carbocycles. The molecule has 0 spiro atoms. The second-order valence-electron chi connectivity index (χ2n) is 9.00. The number of carboxylic acid groups (broad SMARTS) is 1. The number of nitrogens with zero attached hydrogens (tertiary/aromatic N) is 3. The van der Waals surface area contributed by atoms with Crippen LogP contribution < -0.4 is 5.32 Å². The lowest BCUT2D eigenvalue weighted by Crippen LogP contribution is -2.42. The van der Waals surface area contributed by atoms with E-state index in [2.05, 4.69) is 10.5 Å². The van der Waals surface area contributed by atoms with E-state index in [1.165, 1.54) is 11.9 Å². The van der Waals surface area contributed by atoms with Crippen LogP contribution in [0.3, 0.4) is 0 Å². The summed E-state index contributed by atoms with van der Waals surface area (Å²) in [6, 6.07) is 12.9. The third kappa shape index (κ3) is 5.32. The number of hydrogen-bond donors (Lipinski definition) is 3. The minimum absolute atomic E-state index is 0.0699. The minimum atomic E-state index is -1.24. The Labute approximate surface area is 202 Å². The van der Waals surface area contributed by atoms with E-state index in [-0.39, 0.29) is 24.6 Å². The first-order valence-electron chi connectivity index (χ1n) is 11.0. The van der Waals surface area contributed by atoms with Gasteiger partial charge in [-0.1, -0.05) is 35.0 Å². The van der Waals surface area contributed by atoms with Gasteiger partial charge in [0.1, 0.15) is 5.54 Å². The quantitative estimate of drug-likeness (QED) is 0.229. The number of carbonyl (C=O) groups is 4. The molecule has 35 heavy (non-hydrogen) atoms. The van der Waals surface area contributed by atoms with Crippen LogP contribution in [0.2, 0.25) is 0 Å². The summed E-state index contributed by atoms with van der Waals surface area (Å²) in [4.78, 5) is 51.6. The van der Waals surface area contributed by atoms with Crippen LogP contribution in [0.1, 0.15) is 41.8 Å². The van der Waals surface area contributed by atoms with E-state index in [4.69, 9.17) is 0 Å². The summed E-state index contributed by atoms with van der Waals surface area (Å²) in [5.41, 5.74) is 1.47. The number of hydrogen-bond acceptors (Lipinski definition) is 6. The molecule has 3 rings (SSSR count). The lowest BCUT2D eigenvalue weighted by atomic mass is 9.96. The topological polar surface area (TPSA) is 140 Å². The molecule has 2 aromatic rings. The highest BCUT2D eigenvalue weighted by atomic mass is 16.4. The van der Waals surface area contributed by atoms with Crippen LogP contribution in [0.15, 0.2) is 53.7 Å². The fourth-order valence-electron chi connectivity index (χ4n) is 3.70. The van der Waals surface area contributed by atoms with Crippen LogP contribution in [0.4, 0.5) is 10.5 Å². The summed E-state index contributed by atoms with van der Waals surface area (Å²) in [5, 5.41) is 25.3. The average Bonchev–Trinajstić information content (AvgIpc) is 2.97. The van der Waals surface area contributed by atoms with E-state index in [1.807, 2.05) is 19.1 Å². The number of amides is 4. The standard InChI is InChI=1S/C25H28N4O6/c1-15-5-7-17(8-6-15)21(30)26-19-11-9-16(10-12-19)20(27-35)13-18(22(31)32)14-29-23(33)25(2,3)28(4)24(29)34/h5-12,18,35H,13-14H2,1-4H3,(H,26,30)(H,31,32)/b27-20-. The summed E-state index contributed by atoms with van der Waals surface area (Å²) in [7, 11) is 1.48. The molecule has 0 radical (unpaired) electrons. The molecule has 2 aromatic carbocycles. The zero-order chi connectivity index (χ0) is 25.9. The summed E-state index contributed by atoms with van der Waals surface area (Å²) < 4.78 is 0. The molecule has 10 heteroatoms. The van der Waals surface area contributed by atoms with Crippen LogP contribution in [0.25, 0.3) is 0 Å². The number of aliphatic carboxylic acids is 1. The molecular formula is C25H28N4O6. The summed E-state index contributed by atoms with van der Waals surface area (Å²) in [5.74, 6) is -3.20. The Morgan fingerprint density at radius 1 is 1.03 bits per heavy atom. The van der Waals surface area contributed by atoms with E-state index in [1.54, 1.807) is 50.2 Å². The zero-order valence-corrected chi connectivity index (χ0v) is 20.0. The average molecular weight is 481 g/mol. The van der Waals surface area contributed by atoms with E-state index in [9.17, 15) is 29.5 Å². The van der Waals surface area contributed by atoms with Crippen molar-refractivity contribution in [2.24, 2.45) is 11.1 Å². The van der Waals surface area contributed by atoms with E-state index < -0.39 is 29.4 Å². The highest BCUT2D eigenvalue weighted by molar-refractivity contribution is 6.07. The number of benzene rings is 2. The van der Waals surface area contributed by atoms with Crippen LogP contribution >= 0.6 is 0 Å². The van der Waals surface area contributed by atoms with Crippen molar-refractivity contribution in [1.29, 1.82) is 0 Å². The second-order valence-corrected chi connectivity index (χ2v) is 9.00. The molecule has 1 atom stereocenters. The molecule has 0 aromatic heterocycles. The van der Waals surface area contributed by atoms with Gasteiger partial charge < -0.3 is 20.5 Å². The van der Waals surface area contributed by atoms with Crippen molar-refractivity contribution in [1.82, 2.24) is 9.80 Å². The molecule has 4 amide bonds. The largest absolute Gasteiger partial charge is 0.481 e. The number of aryl methyl sites for hydroxylation is 1. The van der Waals surface area contributed by atoms with Crippen molar-refractivity contribution in [2.75, 3.05) is 18.9 Å². The van der Waals surface area contributed by atoms with Gasteiger partial charge in [0.15, 0.2) is 0 Å². The predicted octanol–water partition coefficient (Wildman–Crippen LogP) is 3.19. The number of nitrogens with one attached hydrogen (secondary N) is 1. The molecule has 0 bridgehead atoms. The zero-order valence-electron chi connectivity index (χ0n) is 20.0. The molecule has 1 heterocycles. The lowest BCUT2D eigenvalue weighted by molar-refractivity contribution is -0.142. The number of carboxylic acids is 1. The van der Waals surface area contributed by atoms with Gasteiger partial charge in [-0.05, 0) is 50.6 Å². The van der Waals surface area contributed by atoms with Crippen molar-refractivity contribution in [2.45, 2.75) is 32.7 Å². The van der Waals surface area contributed by atoms with Gasteiger partial charge in [-0.3, -0.25) is 19.3 Å². The number of imide groups is 1. The highest BCUT2D eigenvalue weighted by Crippen LogP contribution is 2.27. The molecule has 184 valence electrons. The molecule has 3 N–H and O–H groups in total. The third-order valence-corrected chi connectivity index (χ3v) is 6.23. The SMILES string of the molecule is Cc1ccc(C(=O)Nc2ccc(/C(CC(CN3C(=O)N(C)C(C)(C)C3=O)C(=O)O)=N\O)cc2)cc1. The summed E-state index contributed by atoms with van der Waals surface area (Å²) >= 11 is 0. The van der Waals surface area contributed by atoms with E-state index >= 15 is 0 Å². The van der Waals surface area contributed by atoms with Crippen molar-refractivity contribution < 1.29 is 29.5 Å². The van der Waals surface area contributed by atoms with Crippen LogP contribution in [-0.2, 0) is 9.59 Å². The Morgan fingerprint density at radius 3 is 2.09 bits per heavy atom. The van der Waals surface area contributed by atoms with Crippen LogP contribution in [-0.4, -0.2) is 68.8 Å². The number of rotatable bonds is 8. The van der Waals surface area contributed by atoms with E-state index in [0.29, 0.717) is 16.8 Å². The molecule has 1 aliphatic rings. The molecule has 1 unspecified atom stereocenters. The smallest absolute Gasteiger partial charge is 0.327 e. The second kappa shape index (κ2) is 9.96. The van der Waals surface area contributed by atoms with Gasteiger partial charge in [0, 0.05) is 31.3 Å². The number of carbonyl (C=O) groups excluding carboxylic acids is 3. The maximum Gasteiger partial charge on any atom is 0.327 e. The Bertz CT molecular complexity index is 1170. The first kappa shape index (κ1) is 25.4. The Hall–Kier alpha value is -4.21. The first-order valence-corrected chi connectivity index (χ1v) is 11.0. The fourth-order valence-corrected chi connectivity index (χ4v) is 3.70. The predicted molar refractivity (Wildman–Crippen MR) is 129 cm³/mol. The maximum atomic E-state index is 12.6. The first-order chi connectivity index (χ1) is 16.4. The van der Waals surface area contributed by atoms with Crippen LogP contribution in [0, 0.1) is 12.8 Å². The number of urea groups is 1. The number of anilines is 1. The summed E-state index contributed by atoms with van der Waals surface area (Å²) in [6.45, 7) is 4.74. The monoisotopic (exact) mass is 480 g/mol. The highest BCUT2D eigenvalue weighted by Gasteiger charge is 2.50. The summed E-state index contributed by atoms with van der Waals surface area (Å²) in [6.07, 6.45) is -0.220. The molecule has 1 saturated heterocycles. The lowest BCUT2D eigenvalue weighted by Gasteiger charge is -2.22. The van der Waals surface area contributed by atoms with E-state index in [0.717, 1.165) is 10.5 Å². The minimum Gasteiger partial charge on any atom is -0.481 e. The molecule has 10 nitrogen and oxygen atoms in total. The van der Waals surface area contributed by atoms with Crippen molar-refractivity contribution in [3.05, 3.63) is 65.2 Å². The van der Waals surface area contributed by atoms with Gasteiger partial charge in [-0.15, -0.1) is 0 Å². The van der Waals surface area contributed by atoms with Crippen LogP contribution in [0.5, 0.6) is 0 Å². The molecule has 1 aliphatic heterocycles. The Kier molecular flexibility index (Phi) is 7.23. The van der Waals surface area contributed by atoms with Gasteiger partial charge >= 0.3 is 12.0 Å². The Morgan fingerprint density at radius 2 is 1.60 bits per heavy atom. The van der Waals surface area contributed by atoms with Gasteiger partial charge in [-0.2, -0.15) is 0 Å². The van der Waals surface area contributed by atoms with Crippen molar-refractivity contribution >= 4 is 35.2 Å². The number of oxime groups is 1. The van der Waals surface area contributed by atoms with Gasteiger partial charge in [0.2, 0.25) is 0 Å². The van der Waals surface area contributed by atoms with Gasteiger partial charge in [0.25, 0.3) is 11.8 Å². The van der Waals surface area contributed by atoms with Crippen molar-refractivity contribution in [3.8, 4) is 0 Å². The fraction of sp³-hybridized carbons (Fsp3) is 0.320. The normalized spacial score (nSPS) is 16.4.